The zero-order valence-corrected chi connectivity index (χ0v) is 13.7. The molecule has 1 aromatic carbocycles. The topological polar surface area (TPSA) is 101 Å². The minimum Gasteiger partial charge on any atom is -0.391 e. The molecule has 21 heavy (non-hydrogen) atoms. The van der Waals surface area contributed by atoms with E-state index >= 15 is 0 Å². The largest absolute Gasteiger partial charge is 0.391 e. The van der Waals surface area contributed by atoms with Gasteiger partial charge >= 0.3 is 0 Å². The molecule has 9 heteroatoms. The number of nitrogens with one attached hydrogen (secondary N) is 1. The van der Waals surface area contributed by atoms with E-state index in [-0.39, 0.29) is 27.3 Å². The molecule has 0 aromatic heterocycles. The molecule has 0 spiro atoms. The molecule has 1 atom stereocenters. The fourth-order valence-corrected chi connectivity index (χ4v) is 4.14. The van der Waals surface area contributed by atoms with Gasteiger partial charge in [0.2, 0.25) is 10.0 Å². The molecule has 1 fully saturated rings. The summed E-state index contributed by atoms with van der Waals surface area (Å²) in [7, 11) is -7.52. The number of hydrogen-bond donors (Lipinski definition) is 2. The SMILES string of the molecule is CS(=O)(=O)c1ccc(Cl)c(S(=O)(=O)NCC(O)C2CC2)c1. The molecule has 118 valence electrons. The van der Waals surface area contributed by atoms with Crippen molar-refractivity contribution in [2.24, 2.45) is 5.92 Å². The normalized spacial score (nSPS) is 17.7. The van der Waals surface area contributed by atoms with Crippen LogP contribution >= 0.6 is 11.6 Å². The van der Waals surface area contributed by atoms with Gasteiger partial charge in [0.15, 0.2) is 9.84 Å². The Labute approximate surface area is 129 Å². The number of sulfone groups is 1. The fourth-order valence-electron chi connectivity index (χ4n) is 1.84. The van der Waals surface area contributed by atoms with Crippen molar-refractivity contribution >= 4 is 31.5 Å². The number of rotatable bonds is 6. The molecule has 0 saturated heterocycles. The van der Waals surface area contributed by atoms with E-state index in [1.54, 1.807) is 0 Å². The number of sulfonamides is 1. The van der Waals surface area contributed by atoms with E-state index < -0.39 is 26.0 Å². The first-order chi connectivity index (χ1) is 9.61. The van der Waals surface area contributed by atoms with Gasteiger partial charge < -0.3 is 5.11 Å². The Kier molecular flexibility index (Phi) is 4.65. The zero-order valence-electron chi connectivity index (χ0n) is 11.3. The number of hydrogen-bond acceptors (Lipinski definition) is 5. The summed E-state index contributed by atoms with van der Waals surface area (Å²) in [6, 6.07) is 3.49. The lowest BCUT2D eigenvalue weighted by Crippen LogP contribution is -2.33. The van der Waals surface area contributed by atoms with E-state index in [0.29, 0.717) is 0 Å². The van der Waals surface area contributed by atoms with Gasteiger partial charge in [0.1, 0.15) is 4.90 Å². The van der Waals surface area contributed by atoms with Gasteiger partial charge in [0.05, 0.1) is 16.0 Å². The van der Waals surface area contributed by atoms with E-state index in [9.17, 15) is 21.9 Å². The highest BCUT2D eigenvalue weighted by Crippen LogP contribution is 2.32. The van der Waals surface area contributed by atoms with Crippen LogP contribution in [-0.2, 0) is 19.9 Å². The Bertz CT molecular complexity index is 741. The van der Waals surface area contributed by atoms with Crippen LogP contribution in [0.15, 0.2) is 28.0 Å². The summed E-state index contributed by atoms with van der Waals surface area (Å²) >= 11 is 5.84. The van der Waals surface area contributed by atoms with Crippen LogP contribution < -0.4 is 4.72 Å². The van der Waals surface area contributed by atoms with Crippen molar-refractivity contribution in [3.05, 3.63) is 23.2 Å². The predicted octanol–water partition coefficient (Wildman–Crippen LogP) is 0.793. The maximum Gasteiger partial charge on any atom is 0.242 e. The molecule has 1 aromatic rings. The Hall–Kier alpha value is -0.670. The molecule has 1 saturated carbocycles. The van der Waals surface area contributed by atoms with Crippen molar-refractivity contribution in [2.75, 3.05) is 12.8 Å². The fraction of sp³-hybridized carbons (Fsp3) is 0.500. The second-order valence-electron chi connectivity index (χ2n) is 5.12. The van der Waals surface area contributed by atoms with Crippen LogP contribution in [-0.4, -0.2) is 40.8 Å². The molecule has 0 amide bonds. The third-order valence-corrected chi connectivity index (χ3v) is 6.28. The third kappa shape index (κ3) is 4.17. The summed E-state index contributed by atoms with van der Waals surface area (Å²) in [4.78, 5) is -0.440. The Balaban J connectivity index is 2.26. The Morgan fingerprint density at radius 2 is 1.95 bits per heavy atom. The summed E-state index contributed by atoms with van der Waals surface area (Å²) in [5, 5.41) is 9.62. The smallest absolute Gasteiger partial charge is 0.242 e. The quantitative estimate of drug-likeness (QED) is 0.787. The lowest BCUT2D eigenvalue weighted by Gasteiger charge is -2.12. The maximum absolute atomic E-state index is 12.2. The average Bonchev–Trinajstić information content (AvgIpc) is 3.19. The van der Waals surface area contributed by atoms with Crippen LogP contribution in [0.5, 0.6) is 0 Å². The first-order valence-corrected chi connectivity index (χ1v) is 10.0. The van der Waals surface area contributed by atoms with Crippen molar-refractivity contribution in [1.29, 1.82) is 0 Å². The number of aliphatic hydroxyl groups excluding tert-OH is 1. The van der Waals surface area contributed by atoms with E-state index in [1.165, 1.54) is 12.1 Å². The molecule has 0 radical (unpaired) electrons. The van der Waals surface area contributed by atoms with Gasteiger partial charge in [-0.05, 0) is 37.0 Å². The molecule has 0 bridgehead atoms. The molecule has 2 rings (SSSR count). The highest BCUT2D eigenvalue weighted by molar-refractivity contribution is 7.91. The van der Waals surface area contributed by atoms with Gasteiger partial charge in [-0.15, -0.1) is 0 Å². The van der Waals surface area contributed by atoms with Crippen molar-refractivity contribution in [1.82, 2.24) is 4.72 Å². The molecular weight excluding hydrogens is 338 g/mol. The molecule has 1 aliphatic carbocycles. The summed E-state index contributed by atoms with van der Waals surface area (Å²) in [5.74, 6) is 0.130. The van der Waals surface area contributed by atoms with E-state index in [2.05, 4.69) is 4.72 Å². The first kappa shape index (κ1) is 16.7. The second kappa shape index (κ2) is 5.85. The van der Waals surface area contributed by atoms with E-state index in [1.807, 2.05) is 0 Å². The minimum atomic E-state index is -3.98. The molecular formula is C12H16ClNO5S2. The second-order valence-corrected chi connectivity index (χ2v) is 9.28. The zero-order chi connectivity index (χ0) is 15.8. The summed E-state index contributed by atoms with van der Waals surface area (Å²) < 4.78 is 49.6. The van der Waals surface area contributed by atoms with Crippen molar-refractivity contribution in [3.8, 4) is 0 Å². The van der Waals surface area contributed by atoms with Gasteiger partial charge in [-0.3, -0.25) is 0 Å². The average molecular weight is 354 g/mol. The lowest BCUT2D eigenvalue weighted by atomic mass is 10.2. The standard InChI is InChI=1S/C12H16ClNO5S2/c1-20(16,17)9-4-5-10(13)12(6-9)21(18,19)14-7-11(15)8-2-3-8/h4-6,8,11,14-15H,2-3,7H2,1H3. The van der Waals surface area contributed by atoms with Crippen LogP contribution in [0.1, 0.15) is 12.8 Å². The number of aliphatic hydroxyl groups is 1. The molecule has 1 aliphatic rings. The Morgan fingerprint density at radius 1 is 1.33 bits per heavy atom. The molecule has 0 aliphatic heterocycles. The van der Waals surface area contributed by atoms with Gasteiger partial charge in [-0.1, -0.05) is 11.6 Å². The van der Waals surface area contributed by atoms with E-state index in [4.69, 9.17) is 11.6 Å². The van der Waals surface area contributed by atoms with Gasteiger partial charge in [0.25, 0.3) is 0 Å². The summed E-state index contributed by atoms with van der Waals surface area (Å²) in [5.41, 5.74) is 0. The molecule has 2 N–H and O–H groups in total. The van der Waals surface area contributed by atoms with Crippen LogP contribution in [0.25, 0.3) is 0 Å². The van der Waals surface area contributed by atoms with Crippen molar-refractivity contribution in [3.63, 3.8) is 0 Å². The molecule has 6 nitrogen and oxygen atoms in total. The highest BCUT2D eigenvalue weighted by atomic mass is 35.5. The predicted molar refractivity (Wildman–Crippen MR) is 78.5 cm³/mol. The molecule has 0 heterocycles. The van der Waals surface area contributed by atoms with Crippen LogP contribution in [0.4, 0.5) is 0 Å². The Morgan fingerprint density at radius 3 is 2.48 bits per heavy atom. The van der Waals surface area contributed by atoms with Gasteiger partial charge in [-0.25, -0.2) is 21.6 Å². The lowest BCUT2D eigenvalue weighted by molar-refractivity contribution is 0.155. The van der Waals surface area contributed by atoms with Crippen LogP contribution in [0.2, 0.25) is 5.02 Å². The first-order valence-electron chi connectivity index (χ1n) is 6.28. The number of halogens is 1. The van der Waals surface area contributed by atoms with Gasteiger partial charge in [0, 0.05) is 12.8 Å². The third-order valence-electron chi connectivity index (χ3n) is 3.27. The van der Waals surface area contributed by atoms with Crippen LogP contribution in [0.3, 0.4) is 0 Å². The highest BCUT2D eigenvalue weighted by Gasteiger charge is 2.31. The molecule has 1 unspecified atom stereocenters. The van der Waals surface area contributed by atoms with Crippen molar-refractivity contribution < 1.29 is 21.9 Å². The monoisotopic (exact) mass is 353 g/mol. The summed E-state index contributed by atoms with van der Waals surface area (Å²) in [6.07, 6.45) is 2.01. The maximum atomic E-state index is 12.2. The van der Waals surface area contributed by atoms with Crippen LogP contribution in [0, 0.1) is 5.92 Å². The number of benzene rings is 1. The van der Waals surface area contributed by atoms with E-state index in [0.717, 1.165) is 25.2 Å². The minimum absolute atomic E-state index is 0.0733. The van der Waals surface area contributed by atoms with Crippen molar-refractivity contribution in [2.45, 2.75) is 28.7 Å². The summed E-state index contributed by atoms with van der Waals surface area (Å²) in [6.45, 7) is -0.119. The van der Waals surface area contributed by atoms with Gasteiger partial charge in [-0.2, -0.15) is 0 Å².